The average Bonchev–Trinajstić information content (AvgIpc) is 3.36. The van der Waals surface area contributed by atoms with Crippen molar-refractivity contribution in [2.45, 2.75) is 66.0 Å². The number of nitrogens with one attached hydrogen (secondary N) is 2. The molecule has 1 aromatic heterocycles. The fraction of sp³-hybridized carbons (Fsp3) is 0.387. The maximum Gasteiger partial charge on any atom is 0.267 e. The molecule has 0 spiro atoms. The van der Waals surface area contributed by atoms with Gasteiger partial charge in [0.25, 0.3) is 11.5 Å². The first kappa shape index (κ1) is 28.9. The summed E-state index contributed by atoms with van der Waals surface area (Å²) in [7, 11) is 0. The van der Waals surface area contributed by atoms with Crippen LogP contribution in [0.5, 0.6) is 0 Å². The van der Waals surface area contributed by atoms with Crippen LogP contribution in [0.15, 0.2) is 53.3 Å². The predicted octanol–water partition coefficient (Wildman–Crippen LogP) is 4.19. The van der Waals surface area contributed by atoms with Gasteiger partial charge in [-0.25, -0.2) is 9.49 Å². The summed E-state index contributed by atoms with van der Waals surface area (Å²) in [5.74, 6) is -1.18. The molecule has 210 valence electrons. The van der Waals surface area contributed by atoms with Crippen LogP contribution in [-0.4, -0.2) is 45.3 Å². The van der Waals surface area contributed by atoms with Crippen molar-refractivity contribution in [3.8, 4) is 0 Å². The lowest BCUT2D eigenvalue weighted by Gasteiger charge is -2.39. The molecule has 8 nitrogen and oxygen atoms in total. The van der Waals surface area contributed by atoms with Gasteiger partial charge >= 0.3 is 0 Å². The number of halogens is 1. The van der Waals surface area contributed by atoms with Crippen LogP contribution in [-0.2, 0) is 16.0 Å². The van der Waals surface area contributed by atoms with Crippen LogP contribution in [0.2, 0.25) is 0 Å². The van der Waals surface area contributed by atoms with E-state index in [1.807, 2.05) is 20.8 Å². The minimum absolute atomic E-state index is 0.0429. The Bertz CT molecular complexity index is 1510. The number of carbonyl (C=O) groups excluding carboxylic acids is 3. The number of carbonyl (C=O) groups is 3. The lowest BCUT2D eigenvalue weighted by Crippen LogP contribution is -2.50. The van der Waals surface area contributed by atoms with E-state index in [9.17, 15) is 23.6 Å². The number of aryl methyl sites for hydroxylation is 2. The molecule has 1 aliphatic heterocycles. The maximum absolute atomic E-state index is 14.0. The monoisotopic (exact) mass is 546 g/mol. The van der Waals surface area contributed by atoms with E-state index in [0.717, 1.165) is 11.1 Å². The Morgan fingerprint density at radius 2 is 1.82 bits per heavy atom. The second kappa shape index (κ2) is 11.5. The molecule has 2 amide bonds. The molecule has 1 fully saturated rings. The number of benzene rings is 2. The molecule has 2 N–H and O–H groups in total. The third kappa shape index (κ3) is 6.03. The summed E-state index contributed by atoms with van der Waals surface area (Å²) >= 11 is 0. The highest BCUT2D eigenvalue weighted by atomic mass is 19.1. The lowest BCUT2D eigenvalue weighted by atomic mass is 9.79. The number of hydrogen-bond donors (Lipinski definition) is 2. The van der Waals surface area contributed by atoms with Gasteiger partial charge in [-0.1, -0.05) is 32.0 Å². The average molecular weight is 547 g/mol. The van der Waals surface area contributed by atoms with Crippen molar-refractivity contribution in [2.24, 2.45) is 5.41 Å². The Labute approximate surface area is 233 Å². The number of hydrogen-bond acceptors (Lipinski definition) is 5. The van der Waals surface area contributed by atoms with Crippen LogP contribution in [0.1, 0.15) is 78.0 Å². The first-order valence-electron chi connectivity index (χ1n) is 13.4. The zero-order chi connectivity index (χ0) is 29.2. The van der Waals surface area contributed by atoms with E-state index in [1.165, 1.54) is 19.1 Å². The second-order valence-electron chi connectivity index (χ2n) is 11.1. The van der Waals surface area contributed by atoms with Crippen molar-refractivity contribution < 1.29 is 18.8 Å². The third-order valence-corrected chi connectivity index (χ3v) is 8.04. The minimum atomic E-state index is -0.802. The summed E-state index contributed by atoms with van der Waals surface area (Å²) in [4.78, 5) is 52.9. The smallest absolute Gasteiger partial charge is 0.267 e. The van der Waals surface area contributed by atoms with Gasteiger partial charge in [0.2, 0.25) is 5.91 Å². The quantitative estimate of drug-likeness (QED) is 0.440. The van der Waals surface area contributed by atoms with Crippen molar-refractivity contribution in [2.75, 3.05) is 6.54 Å². The molecule has 2 aromatic carbocycles. The van der Waals surface area contributed by atoms with E-state index < -0.39 is 23.2 Å². The maximum atomic E-state index is 14.0. The molecular formula is C31H35FN4O4. The Kier molecular flexibility index (Phi) is 8.32. The number of likely N-dealkylation sites (tertiary alicyclic amines) is 1. The van der Waals surface area contributed by atoms with Gasteiger partial charge in [0, 0.05) is 29.0 Å². The van der Waals surface area contributed by atoms with Crippen molar-refractivity contribution in [1.82, 2.24) is 20.4 Å². The van der Waals surface area contributed by atoms with Gasteiger partial charge in [0.1, 0.15) is 11.6 Å². The normalized spacial score (nSPS) is 17.1. The molecule has 0 bridgehead atoms. The summed E-state index contributed by atoms with van der Waals surface area (Å²) < 4.78 is 14.0. The first-order valence-corrected chi connectivity index (χ1v) is 13.4. The van der Waals surface area contributed by atoms with E-state index in [0.29, 0.717) is 41.6 Å². The van der Waals surface area contributed by atoms with Gasteiger partial charge in [-0.2, -0.15) is 5.10 Å². The highest BCUT2D eigenvalue weighted by Gasteiger charge is 2.47. The van der Waals surface area contributed by atoms with Crippen LogP contribution < -0.4 is 10.9 Å². The Morgan fingerprint density at radius 3 is 2.50 bits per heavy atom. The summed E-state index contributed by atoms with van der Waals surface area (Å²) in [6, 6.07) is 12.3. The molecule has 9 heteroatoms. The summed E-state index contributed by atoms with van der Waals surface area (Å²) in [6.45, 7) is 8.55. The number of rotatable bonds is 8. The molecule has 2 heterocycles. The molecule has 1 saturated heterocycles. The largest absolute Gasteiger partial charge is 0.343 e. The number of nitrogens with zero attached hydrogens (tertiary/aromatic N) is 2. The second-order valence-corrected chi connectivity index (χ2v) is 11.1. The van der Waals surface area contributed by atoms with E-state index in [1.54, 1.807) is 48.2 Å². The van der Waals surface area contributed by atoms with Crippen LogP contribution in [0.4, 0.5) is 4.39 Å². The number of Topliss-reactive ketones (excluding diaryl/α,β-unsaturated/α-hetero) is 1. The summed E-state index contributed by atoms with van der Waals surface area (Å²) in [6.07, 6.45) is 1.58. The van der Waals surface area contributed by atoms with E-state index in [2.05, 4.69) is 15.5 Å². The molecule has 0 saturated carbocycles. The number of aromatic amines is 1. The van der Waals surface area contributed by atoms with Crippen molar-refractivity contribution in [1.29, 1.82) is 0 Å². The SMILES string of the molecule is CC(=O)C(C)(C)[C@H]1CC[C@@H](c2cccc(F)c2)N1C(=O)CNC(=O)c1ccc(Cc2cc(C)n[nH]c2=O)c(C)c1. The fourth-order valence-corrected chi connectivity index (χ4v) is 5.42. The fourth-order valence-electron chi connectivity index (χ4n) is 5.42. The molecule has 0 radical (unpaired) electrons. The van der Waals surface area contributed by atoms with Gasteiger partial charge in [-0.05, 0) is 80.6 Å². The summed E-state index contributed by atoms with van der Waals surface area (Å²) in [5, 5.41) is 9.10. The molecular weight excluding hydrogens is 511 g/mol. The molecule has 40 heavy (non-hydrogen) atoms. The molecule has 0 unspecified atom stereocenters. The Morgan fingerprint density at radius 1 is 1.07 bits per heavy atom. The summed E-state index contributed by atoms with van der Waals surface area (Å²) in [5.41, 5.74) is 3.02. The molecule has 1 aliphatic rings. The van der Waals surface area contributed by atoms with E-state index in [4.69, 9.17) is 0 Å². The number of aromatic nitrogens is 2. The van der Waals surface area contributed by atoms with E-state index in [-0.39, 0.29) is 29.8 Å². The zero-order valence-corrected chi connectivity index (χ0v) is 23.5. The van der Waals surface area contributed by atoms with Crippen LogP contribution >= 0.6 is 0 Å². The predicted molar refractivity (Wildman–Crippen MR) is 149 cm³/mol. The van der Waals surface area contributed by atoms with Gasteiger partial charge in [0.05, 0.1) is 18.3 Å². The van der Waals surface area contributed by atoms with Gasteiger partial charge in [0.15, 0.2) is 0 Å². The minimum Gasteiger partial charge on any atom is -0.343 e. The van der Waals surface area contributed by atoms with Crippen LogP contribution in [0.25, 0.3) is 0 Å². The first-order chi connectivity index (χ1) is 18.9. The third-order valence-electron chi connectivity index (χ3n) is 8.04. The molecule has 3 aromatic rings. The standard InChI is InChI=1S/C31H35FN4O4/c1-18-13-23(10-9-21(18)15-24-14-19(2)34-35-30(24)40)29(39)33-17-28(38)36-26(22-7-6-8-25(32)16-22)11-12-27(36)31(4,5)20(3)37/h6-10,13-14,16,26-27H,11-12,15,17H2,1-5H3,(H,33,39)(H,35,40)/t26-,27+/m0/s1. The Balaban J connectivity index is 1.50. The van der Waals surface area contributed by atoms with E-state index >= 15 is 0 Å². The molecule has 2 atom stereocenters. The highest BCUT2D eigenvalue weighted by molar-refractivity contribution is 5.97. The van der Waals surface area contributed by atoms with Crippen molar-refractivity contribution in [3.63, 3.8) is 0 Å². The zero-order valence-electron chi connectivity index (χ0n) is 23.5. The number of amides is 2. The van der Waals surface area contributed by atoms with Crippen molar-refractivity contribution >= 4 is 17.6 Å². The van der Waals surface area contributed by atoms with Crippen molar-refractivity contribution in [3.05, 3.63) is 98.2 Å². The molecule has 4 rings (SSSR count). The number of H-pyrrole nitrogens is 1. The topological polar surface area (TPSA) is 112 Å². The van der Waals surface area contributed by atoms with Gasteiger partial charge in [-0.3, -0.25) is 19.2 Å². The lowest BCUT2D eigenvalue weighted by molar-refractivity contribution is -0.139. The van der Waals surface area contributed by atoms with Crippen LogP contribution in [0.3, 0.4) is 0 Å². The van der Waals surface area contributed by atoms with Crippen LogP contribution in [0, 0.1) is 25.1 Å². The Hall–Kier alpha value is -4.14. The number of ketones is 1. The highest BCUT2D eigenvalue weighted by Crippen LogP contribution is 2.43. The molecule has 0 aliphatic carbocycles. The van der Waals surface area contributed by atoms with Gasteiger partial charge < -0.3 is 10.2 Å². The van der Waals surface area contributed by atoms with Gasteiger partial charge in [-0.15, -0.1) is 0 Å².